The summed E-state index contributed by atoms with van der Waals surface area (Å²) in [7, 11) is 0. The van der Waals surface area contributed by atoms with Crippen molar-refractivity contribution in [2.75, 3.05) is 5.75 Å². The maximum absolute atomic E-state index is 4.75. The van der Waals surface area contributed by atoms with Crippen molar-refractivity contribution in [1.82, 2.24) is 0 Å². The normalized spacial score (nSPS) is 18.8. The van der Waals surface area contributed by atoms with E-state index in [0.29, 0.717) is 0 Å². The highest BCUT2D eigenvalue weighted by Crippen LogP contribution is 2.32. The summed E-state index contributed by atoms with van der Waals surface area (Å²) in [5.41, 5.74) is 2.39. The summed E-state index contributed by atoms with van der Waals surface area (Å²) in [6.07, 6.45) is 1.11. The van der Waals surface area contributed by atoms with E-state index in [-0.39, 0.29) is 0 Å². The molecule has 2 aromatic rings. The molecule has 3 rings (SSSR count). The number of thioether (sulfide) groups is 2. The first-order chi connectivity index (χ1) is 9.92. The average molecular weight is 297 g/mol. The van der Waals surface area contributed by atoms with Crippen molar-refractivity contribution in [1.29, 1.82) is 0 Å². The van der Waals surface area contributed by atoms with Crippen molar-refractivity contribution in [2.45, 2.75) is 11.3 Å². The fourth-order valence-corrected chi connectivity index (χ4v) is 3.86. The molecule has 0 aliphatic carbocycles. The number of para-hydroxylation sites is 1. The lowest BCUT2D eigenvalue weighted by Crippen LogP contribution is -1.88. The van der Waals surface area contributed by atoms with Crippen LogP contribution in [0.4, 0.5) is 5.69 Å². The predicted molar refractivity (Wildman–Crippen MR) is 91.0 cm³/mol. The number of hydrogen-bond donors (Lipinski definition) is 0. The second kappa shape index (κ2) is 6.82. The van der Waals surface area contributed by atoms with Gasteiger partial charge in [0.05, 0.1) is 5.69 Å². The van der Waals surface area contributed by atoms with E-state index in [4.69, 9.17) is 4.99 Å². The van der Waals surface area contributed by atoms with Gasteiger partial charge in [-0.05, 0) is 41.7 Å². The molecular weight excluding hydrogens is 282 g/mol. The zero-order valence-corrected chi connectivity index (χ0v) is 12.7. The van der Waals surface area contributed by atoms with Gasteiger partial charge in [0, 0.05) is 10.6 Å². The van der Waals surface area contributed by atoms with Crippen LogP contribution in [0.3, 0.4) is 0 Å². The van der Waals surface area contributed by atoms with Gasteiger partial charge in [-0.15, -0.1) is 11.8 Å². The lowest BCUT2D eigenvalue weighted by Gasteiger charge is -2.00. The minimum Gasteiger partial charge on any atom is -0.242 e. The smallest absolute Gasteiger partial charge is 0.100 e. The zero-order chi connectivity index (χ0) is 13.6. The third-order valence-electron chi connectivity index (χ3n) is 2.95. The molecule has 0 unspecified atom stereocenters. The second-order valence-electron chi connectivity index (χ2n) is 4.42. The summed E-state index contributed by atoms with van der Waals surface area (Å²) < 4.78 is 0. The first-order valence-corrected chi connectivity index (χ1v) is 8.46. The van der Waals surface area contributed by atoms with Crippen molar-refractivity contribution in [3.05, 3.63) is 71.6 Å². The van der Waals surface area contributed by atoms with Gasteiger partial charge in [-0.25, -0.2) is 4.99 Å². The summed E-state index contributed by atoms with van der Waals surface area (Å²) in [5.74, 6) is 1.13. The van der Waals surface area contributed by atoms with Crippen LogP contribution in [0, 0.1) is 0 Å². The molecule has 1 aliphatic rings. The average Bonchev–Trinajstić information content (AvgIpc) is 2.94. The monoisotopic (exact) mass is 297 g/mol. The van der Waals surface area contributed by atoms with E-state index in [1.807, 2.05) is 48.2 Å². The van der Waals surface area contributed by atoms with E-state index in [1.54, 1.807) is 11.8 Å². The van der Waals surface area contributed by atoms with Crippen LogP contribution in [0.1, 0.15) is 6.42 Å². The number of hydrogen-bond acceptors (Lipinski definition) is 3. The van der Waals surface area contributed by atoms with E-state index >= 15 is 0 Å². The Morgan fingerprint density at radius 2 is 1.65 bits per heavy atom. The number of benzene rings is 2. The molecule has 0 bridgehead atoms. The first kappa shape index (κ1) is 13.5. The summed E-state index contributed by atoms with van der Waals surface area (Å²) in [6, 6.07) is 20.6. The van der Waals surface area contributed by atoms with Gasteiger partial charge in [-0.3, -0.25) is 0 Å². The molecule has 1 fully saturated rings. The third kappa shape index (κ3) is 3.56. The molecule has 2 aromatic carbocycles. The molecule has 20 heavy (non-hydrogen) atoms. The fourth-order valence-electron chi connectivity index (χ4n) is 1.93. The van der Waals surface area contributed by atoms with Gasteiger partial charge >= 0.3 is 0 Å². The first-order valence-electron chi connectivity index (χ1n) is 6.59. The summed E-state index contributed by atoms with van der Waals surface area (Å²) in [4.78, 5) is 6.02. The number of rotatable bonds is 3. The van der Waals surface area contributed by atoms with Crippen molar-refractivity contribution in [3.63, 3.8) is 0 Å². The van der Waals surface area contributed by atoms with Gasteiger partial charge in [0.1, 0.15) is 5.04 Å². The molecule has 100 valence electrons. The topological polar surface area (TPSA) is 12.4 Å². The van der Waals surface area contributed by atoms with Crippen LogP contribution in [-0.4, -0.2) is 10.8 Å². The Hall–Kier alpha value is -1.45. The largest absolute Gasteiger partial charge is 0.242 e. The standard InChI is InChI=1S/C17H15NS2/c1-3-7-15(8-4-1)18-17-14(11-12-19-17)13-20-16-9-5-2-6-10-16/h1-10,13H,11-12H2/b14-13+,18-17-. The molecule has 0 aromatic heterocycles. The molecule has 0 radical (unpaired) electrons. The summed E-state index contributed by atoms with van der Waals surface area (Å²) in [5, 5.41) is 3.41. The van der Waals surface area contributed by atoms with E-state index in [0.717, 1.165) is 17.9 Å². The predicted octanol–water partition coefficient (Wildman–Crippen LogP) is 5.53. The highest BCUT2D eigenvalue weighted by molar-refractivity contribution is 8.15. The molecule has 3 heteroatoms. The van der Waals surface area contributed by atoms with Crippen LogP contribution in [0.15, 0.2) is 81.5 Å². The van der Waals surface area contributed by atoms with E-state index in [2.05, 4.69) is 29.7 Å². The Morgan fingerprint density at radius 1 is 0.950 bits per heavy atom. The summed E-state index contributed by atoms with van der Waals surface area (Å²) in [6.45, 7) is 0. The minimum absolute atomic E-state index is 1.03. The molecule has 0 atom stereocenters. The highest BCUT2D eigenvalue weighted by Gasteiger charge is 2.16. The van der Waals surface area contributed by atoms with Crippen molar-refractivity contribution in [3.8, 4) is 0 Å². The number of aliphatic imine (C=N–C) groups is 1. The molecule has 1 aliphatic heterocycles. The Labute approximate surface area is 128 Å². The second-order valence-corrected chi connectivity index (χ2v) is 6.45. The van der Waals surface area contributed by atoms with Gasteiger partial charge in [-0.1, -0.05) is 48.2 Å². The van der Waals surface area contributed by atoms with E-state index in [1.165, 1.54) is 15.5 Å². The SMILES string of the molecule is C(/Sc1ccccc1)=C1/CCS/C1=N\c1ccccc1. The third-order valence-corrected chi connectivity index (χ3v) is 4.93. The molecule has 0 amide bonds. The lowest BCUT2D eigenvalue weighted by atomic mass is 10.2. The lowest BCUT2D eigenvalue weighted by molar-refractivity contribution is 1.23. The maximum atomic E-state index is 4.75. The molecule has 0 saturated carbocycles. The Bertz CT molecular complexity index is 618. The highest BCUT2D eigenvalue weighted by atomic mass is 32.2. The molecule has 0 spiro atoms. The van der Waals surface area contributed by atoms with Crippen LogP contribution >= 0.6 is 23.5 Å². The summed E-state index contributed by atoms with van der Waals surface area (Å²) >= 11 is 3.62. The minimum atomic E-state index is 1.03. The molecule has 1 heterocycles. The van der Waals surface area contributed by atoms with Crippen molar-refractivity contribution in [2.24, 2.45) is 4.99 Å². The van der Waals surface area contributed by atoms with Gasteiger partial charge in [0.2, 0.25) is 0 Å². The van der Waals surface area contributed by atoms with E-state index < -0.39 is 0 Å². The maximum Gasteiger partial charge on any atom is 0.100 e. The Morgan fingerprint density at radius 3 is 2.40 bits per heavy atom. The van der Waals surface area contributed by atoms with Crippen LogP contribution < -0.4 is 0 Å². The van der Waals surface area contributed by atoms with Gasteiger partial charge in [-0.2, -0.15) is 0 Å². The van der Waals surface area contributed by atoms with Crippen LogP contribution in [0.2, 0.25) is 0 Å². The van der Waals surface area contributed by atoms with Crippen LogP contribution in [0.5, 0.6) is 0 Å². The van der Waals surface area contributed by atoms with Crippen molar-refractivity contribution >= 4 is 34.3 Å². The van der Waals surface area contributed by atoms with E-state index in [9.17, 15) is 0 Å². The van der Waals surface area contributed by atoms with Crippen molar-refractivity contribution < 1.29 is 0 Å². The molecule has 1 nitrogen and oxygen atoms in total. The zero-order valence-electron chi connectivity index (χ0n) is 11.0. The van der Waals surface area contributed by atoms with Crippen LogP contribution in [0.25, 0.3) is 0 Å². The molecular formula is C17H15NS2. The quantitative estimate of drug-likeness (QED) is 0.691. The number of nitrogens with zero attached hydrogens (tertiary/aromatic N) is 1. The fraction of sp³-hybridized carbons (Fsp3) is 0.118. The van der Waals surface area contributed by atoms with Gasteiger partial charge in [0.15, 0.2) is 0 Å². The van der Waals surface area contributed by atoms with Crippen LogP contribution in [-0.2, 0) is 0 Å². The Balaban J connectivity index is 1.77. The Kier molecular flexibility index (Phi) is 4.61. The van der Waals surface area contributed by atoms with Gasteiger partial charge in [0.25, 0.3) is 0 Å². The molecule has 1 saturated heterocycles. The molecule has 0 N–H and O–H groups in total. The van der Waals surface area contributed by atoms with Gasteiger partial charge < -0.3 is 0 Å².